The zero-order valence-electron chi connectivity index (χ0n) is 10.2. The minimum absolute atomic E-state index is 0.511. The Kier molecular flexibility index (Phi) is 7.24. The molecule has 0 aromatic carbocycles. The second kappa shape index (κ2) is 8.58. The van der Waals surface area contributed by atoms with Crippen molar-refractivity contribution in [2.24, 2.45) is 0 Å². The Hall–Kier alpha value is -0.560. The van der Waals surface area contributed by atoms with Crippen LogP contribution in [0.25, 0.3) is 0 Å². The number of hydrogen-bond donors (Lipinski definition) is 0. The van der Waals surface area contributed by atoms with Gasteiger partial charge in [0.1, 0.15) is 0 Å². The van der Waals surface area contributed by atoms with Gasteiger partial charge in [-0.1, -0.05) is 45.1 Å². The van der Waals surface area contributed by atoms with Gasteiger partial charge in [-0.05, 0) is 24.5 Å². The van der Waals surface area contributed by atoms with Crippen LogP contribution in [0.15, 0.2) is 18.3 Å². The fourth-order valence-corrected chi connectivity index (χ4v) is 1.95. The molecular weight excluding hydrogens is 218 g/mol. The monoisotopic (exact) mass is 239 g/mol. The summed E-state index contributed by atoms with van der Waals surface area (Å²) in [7, 11) is 0. The van der Waals surface area contributed by atoms with Gasteiger partial charge in [0.25, 0.3) is 0 Å². The van der Waals surface area contributed by atoms with Gasteiger partial charge in [-0.15, -0.1) is 11.6 Å². The summed E-state index contributed by atoms with van der Waals surface area (Å²) in [4.78, 5) is 4.29. The van der Waals surface area contributed by atoms with Crippen molar-refractivity contribution in [2.75, 3.05) is 0 Å². The molecule has 2 heteroatoms. The van der Waals surface area contributed by atoms with E-state index in [4.69, 9.17) is 11.6 Å². The minimum Gasteiger partial charge on any atom is -0.260 e. The van der Waals surface area contributed by atoms with Crippen LogP contribution >= 0.6 is 11.6 Å². The van der Waals surface area contributed by atoms with E-state index in [1.165, 1.54) is 44.1 Å². The molecule has 0 amide bonds. The third-order valence-electron chi connectivity index (χ3n) is 2.84. The lowest BCUT2D eigenvalue weighted by Gasteiger charge is -2.02. The van der Waals surface area contributed by atoms with E-state index < -0.39 is 0 Å². The maximum atomic E-state index is 5.69. The maximum absolute atomic E-state index is 5.69. The van der Waals surface area contributed by atoms with Gasteiger partial charge in [-0.25, -0.2) is 0 Å². The molecule has 0 fully saturated rings. The average molecular weight is 240 g/mol. The predicted molar refractivity (Wildman–Crippen MR) is 70.9 cm³/mol. The summed E-state index contributed by atoms with van der Waals surface area (Å²) in [5, 5.41) is 0. The van der Waals surface area contributed by atoms with Gasteiger partial charge in [0.15, 0.2) is 0 Å². The summed E-state index contributed by atoms with van der Waals surface area (Å²) in [6, 6.07) is 4.18. The lowest BCUT2D eigenvalue weighted by atomic mass is 10.1. The predicted octanol–water partition coefficient (Wildman–Crippen LogP) is 4.72. The second-order valence-electron chi connectivity index (χ2n) is 4.31. The van der Waals surface area contributed by atoms with Crippen molar-refractivity contribution in [3.8, 4) is 0 Å². The molecule has 0 N–H and O–H groups in total. The van der Waals surface area contributed by atoms with E-state index in [1.54, 1.807) is 0 Å². The molecule has 0 aliphatic heterocycles. The lowest BCUT2D eigenvalue weighted by molar-refractivity contribution is 0.607. The molecule has 1 rings (SSSR count). The van der Waals surface area contributed by atoms with Gasteiger partial charge >= 0.3 is 0 Å². The Balaban J connectivity index is 2.12. The van der Waals surface area contributed by atoms with Gasteiger partial charge in [0.05, 0.1) is 11.6 Å². The number of alkyl halides is 1. The molecule has 1 aromatic rings. The fraction of sp³-hybridized carbons (Fsp3) is 0.643. The molecule has 0 atom stereocenters. The number of unbranched alkanes of at least 4 members (excludes halogenated alkanes) is 5. The van der Waals surface area contributed by atoms with Crippen molar-refractivity contribution in [2.45, 2.75) is 57.7 Å². The van der Waals surface area contributed by atoms with Crippen LogP contribution in [0.5, 0.6) is 0 Å². The lowest BCUT2D eigenvalue weighted by Crippen LogP contribution is -1.90. The SMILES string of the molecule is CCCCCCCCc1ccc(CCl)nc1. The van der Waals surface area contributed by atoms with Gasteiger partial charge < -0.3 is 0 Å². The first kappa shape index (κ1) is 13.5. The number of aryl methyl sites for hydroxylation is 1. The molecule has 0 saturated heterocycles. The van der Waals surface area contributed by atoms with E-state index in [0.717, 1.165) is 12.1 Å². The van der Waals surface area contributed by atoms with Crippen LogP contribution in [0.1, 0.15) is 56.7 Å². The van der Waals surface area contributed by atoms with Gasteiger partial charge in [-0.3, -0.25) is 4.98 Å². The highest BCUT2D eigenvalue weighted by atomic mass is 35.5. The van der Waals surface area contributed by atoms with Crippen LogP contribution in [0.4, 0.5) is 0 Å². The topological polar surface area (TPSA) is 12.9 Å². The van der Waals surface area contributed by atoms with E-state index in [9.17, 15) is 0 Å². The van der Waals surface area contributed by atoms with E-state index in [-0.39, 0.29) is 0 Å². The Bertz CT molecular complexity index is 269. The Labute approximate surface area is 104 Å². The van der Waals surface area contributed by atoms with Crippen molar-refractivity contribution >= 4 is 11.6 Å². The molecule has 16 heavy (non-hydrogen) atoms. The number of rotatable bonds is 8. The standard InChI is InChI=1S/C14H22ClN/c1-2-3-4-5-6-7-8-13-9-10-14(11-15)16-12-13/h9-10,12H,2-8,11H2,1H3. The van der Waals surface area contributed by atoms with Gasteiger partial charge in [-0.2, -0.15) is 0 Å². The average Bonchev–Trinajstić information content (AvgIpc) is 2.34. The zero-order valence-corrected chi connectivity index (χ0v) is 11.0. The summed E-state index contributed by atoms with van der Waals surface area (Å²) in [6.45, 7) is 2.25. The summed E-state index contributed by atoms with van der Waals surface area (Å²) in [5.41, 5.74) is 2.30. The first-order valence-corrected chi connectivity index (χ1v) is 6.90. The molecule has 1 aromatic heterocycles. The molecule has 0 bridgehead atoms. The number of hydrogen-bond acceptors (Lipinski definition) is 1. The summed E-state index contributed by atoms with van der Waals surface area (Å²) in [5.74, 6) is 0.511. The van der Waals surface area contributed by atoms with Gasteiger partial charge in [0, 0.05) is 6.20 Å². The van der Waals surface area contributed by atoms with Crippen LogP contribution in [-0.4, -0.2) is 4.98 Å². The van der Waals surface area contributed by atoms with Crippen LogP contribution in [-0.2, 0) is 12.3 Å². The maximum Gasteiger partial charge on any atom is 0.0647 e. The molecule has 1 heterocycles. The Morgan fingerprint density at radius 3 is 2.44 bits per heavy atom. The van der Waals surface area contributed by atoms with Crippen molar-refractivity contribution in [3.63, 3.8) is 0 Å². The first-order valence-electron chi connectivity index (χ1n) is 6.36. The zero-order chi connectivity index (χ0) is 11.6. The minimum atomic E-state index is 0.511. The van der Waals surface area contributed by atoms with Crippen molar-refractivity contribution in [3.05, 3.63) is 29.6 Å². The molecule has 0 aliphatic rings. The Morgan fingerprint density at radius 2 is 1.81 bits per heavy atom. The van der Waals surface area contributed by atoms with Crippen molar-refractivity contribution in [1.82, 2.24) is 4.98 Å². The van der Waals surface area contributed by atoms with Crippen molar-refractivity contribution in [1.29, 1.82) is 0 Å². The number of nitrogens with zero attached hydrogens (tertiary/aromatic N) is 1. The summed E-state index contributed by atoms with van der Waals surface area (Å²) in [6.07, 6.45) is 11.2. The Morgan fingerprint density at radius 1 is 1.06 bits per heavy atom. The molecule has 0 saturated carbocycles. The summed E-state index contributed by atoms with van der Waals surface area (Å²) >= 11 is 5.69. The highest BCUT2D eigenvalue weighted by molar-refractivity contribution is 6.16. The van der Waals surface area contributed by atoms with E-state index >= 15 is 0 Å². The molecular formula is C14H22ClN. The van der Waals surface area contributed by atoms with Crippen LogP contribution in [0.2, 0.25) is 0 Å². The molecule has 0 spiro atoms. The van der Waals surface area contributed by atoms with Gasteiger partial charge in [0.2, 0.25) is 0 Å². The highest BCUT2D eigenvalue weighted by Crippen LogP contribution is 2.10. The van der Waals surface area contributed by atoms with Crippen LogP contribution < -0.4 is 0 Å². The number of pyridine rings is 1. The molecule has 90 valence electrons. The van der Waals surface area contributed by atoms with Crippen LogP contribution in [0.3, 0.4) is 0 Å². The van der Waals surface area contributed by atoms with E-state index in [0.29, 0.717) is 5.88 Å². The molecule has 0 unspecified atom stereocenters. The fourth-order valence-electron chi connectivity index (χ4n) is 1.79. The second-order valence-corrected chi connectivity index (χ2v) is 4.58. The third-order valence-corrected chi connectivity index (χ3v) is 3.12. The van der Waals surface area contributed by atoms with Crippen LogP contribution in [0, 0.1) is 0 Å². The molecule has 1 nitrogen and oxygen atoms in total. The van der Waals surface area contributed by atoms with Crippen molar-refractivity contribution < 1.29 is 0 Å². The largest absolute Gasteiger partial charge is 0.260 e. The summed E-state index contributed by atoms with van der Waals surface area (Å²) < 4.78 is 0. The van der Waals surface area contributed by atoms with E-state index in [1.807, 2.05) is 12.3 Å². The normalized spacial score (nSPS) is 10.6. The quantitative estimate of drug-likeness (QED) is 0.472. The highest BCUT2D eigenvalue weighted by Gasteiger charge is 1.96. The molecule has 0 radical (unpaired) electrons. The molecule has 0 aliphatic carbocycles. The number of aromatic nitrogens is 1. The smallest absolute Gasteiger partial charge is 0.0647 e. The third kappa shape index (κ3) is 5.50. The number of halogens is 1. The first-order chi connectivity index (χ1) is 7.86. The van der Waals surface area contributed by atoms with E-state index in [2.05, 4.69) is 18.0 Å².